The number of fused-ring (bicyclic) bond motifs is 2. The van der Waals surface area contributed by atoms with Gasteiger partial charge >= 0.3 is 0 Å². The van der Waals surface area contributed by atoms with Gasteiger partial charge < -0.3 is 83.0 Å². The van der Waals surface area contributed by atoms with Crippen LogP contribution in [-0.4, -0.2) is 180 Å². The molecule has 6 aromatic rings. The van der Waals surface area contributed by atoms with Crippen LogP contribution in [0.5, 0.6) is 5.75 Å². The lowest BCUT2D eigenvalue weighted by molar-refractivity contribution is -0.142. The third-order valence-corrected chi connectivity index (χ3v) is 15.5. The summed E-state index contributed by atoms with van der Waals surface area (Å²) in [6.07, 6.45) is 6.65. The van der Waals surface area contributed by atoms with E-state index in [-0.39, 0.29) is 75.0 Å². The van der Waals surface area contributed by atoms with Gasteiger partial charge in [0.15, 0.2) is 0 Å². The first-order valence-electron chi connectivity index (χ1n) is 29.4. The van der Waals surface area contributed by atoms with Crippen LogP contribution in [0.25, 0.3) is 21.8 Å². The smallest absolute Gasteiger partial charge is 0.248 e. The van der Waals surface area contributed by atoms with Crippen molar-refractivity contribution in [2.75, 3.05) is 26.3 Å². The number of nitrogens with zero attached hydrogens (tertiary/aromatic N) is 2. The molecule has 88 heavy (non-hydrogen) atoms. The Hall–Kier alpha value is -9.63. The predicted octanol–water partition coefficient (Wildman–Crippen LogP) is -0.821. The van der Waals surface area contributed by atoms with Crippen LogP contribution in [-0.2, 0) is 73.6 Å². The molecule has 27 heteroatoms. The number of phenolic OH excluding ortho intramolecular Hbond substituents is 1. The van der Waals surface area contributed by atoms with Crippen molar-refractivity contribution in [2.45, 2.75) is 133 Å². The Labute approximate surface area is 506 Å². The lowest BCUT2D eigenvalue weighted by Crippen LogP contribution is -2.62. The highest BCUT2D eigenvalue weighted by Gasteiger charge is 2.40. The molecular weight excluding hydrogens is 1140 g/mol. The van der Waals surface area contributed by atoms with Gasteiger partial charge in [-0.15, -0.1) is 0 Å². The monoisotopic (exact) mass is 1210 g/mol. The highest BCUT2D eigenvalue weighted by atomic mass is 16.3. The minimum absolute atomic E-state index is 0.0344. The first kappa shape index (κ1) is 64.4. The number of benzene rings is 3. The van der Waals surface area contributed by atoms with Gasteiger partial charge in [-0.2, -0.15) is 0 Å². The van der Waals surface area contributed by atoms with Crippen molar-refractivity contribution in [3.63, 3.8) is 0 Å². The van der Waals surface area contributed by atoms with Crippen molar-refractivity contribution in [3.8, 4) is 5.75 Å². The first-order valence-corrected chi connectivity index (χ1v) is 29.4. The molecule has 5 heterocycles. The Kier molecular flexibility index (Phi) is 22.0. The van der Waals surface area contributed by atoms with Gasteiger partial charge in [0.2, 0.25) is 59.1 Å². The van der Waals surface area contributed by atoms with Gasteiger partial charge in [0.25, 0.3) is 0 Å². The number of amides is 10. The van der Waals surface area contributed by atoms with Crippen LogP contribution >= 0.6 is 0 Å². The zero-order chi connectivity index (χ0) is 63.0. The Morgan fingerprint density at radius 3 is 1.64 bits per heavy atom. The van der Waals surface area contributed by atoms with E-state index in [1.807, 2.05) is 12.1 Å². The van der Waals surface area contributed by atoms with Crippen molar-refractivity contribution >= 4 is 80.9 Å². The molecule has 3 aromatic carbocycles. The summed E-state index contributed by atoms with van der Waals surface area (Å²) in [6, 6.07) is 7.96. The van der Waals surface area contributed by atoms with E-state index in [2.05, 4.69) is 67.8 Å². The van der Waals surface area contributed by atoms with Gasteiger partial charge in [0.05, 0.1) is 19.5 Å². The molecule has 0 bridgehead atoms. The molecule has 0 radical (unpaired) electrons. The number of imidazole rings is 1. The van der Waals surface area contributed by atoms with Crippen molar-refractivity contribution < 1.29 is 63.3 Å². The molecule has 2 fully saturated rings. The minimum Gasteiger partial charge on any atom is -0.508 e. The van der Waals surface area contributed by atoms with Gasteiger partial charge in [0.1, 0.15) is 60.1 Å². The fourth-order valence-electron chi connectivity index (χ4n) is 11.0. The van der Waals surface area contributed by atoms with Crippen molar-refractivity contribution in [2.24, 2.45) is 5.92 Å². The van der Waals surface area contributed by atoms with Crippen molar-refractivity contribution in [1.82, 2.24) is 72.7 Å². The Balaban J connectivity index is 1.04. The summed E-state index contributed by atoms with van der Waals surface area (Å²) in [5.74, 6) is -7.79. The summed E-state index contributed by atoms with van der Waals surface area (Å²) >= 11 is 0. The number of nitrogens with one attached hydrogen (secondary N) is 12. The average molecular weight is 1210 g/mol. The second kappa shape index (κ2) is 30.1. The zero-order valence-electron chi connectivity index (χ0n) is 49.0. The first-order chi connectivity index (χ1) is 42.3. The third kappa shape index (κ3) is 16.7. The van der Waals surface area contributed by atoms with E-state index in [4.69, 9.17) is 0 Å². The molecule has 0 aliphatic carbocycles. The number of carbonyl (C=O) groups excluding carboxylic acids is 10. The fourth-order valence-corrected chi connectivity index (χ4v) is 11.0. The second-order valence-corrected chi connectivity index (χ2v) is 22.4. The number of aliphatic hydroxyl groups is 2. The summed E-state index contributed by atoms with van der Waals surface area (Å²) in [4.78, 5) is 154. The number of likely N-dealkylation sites (N-methyl/N-ethyl adjacent to an activating group) is 1. The van der Waals surface area contributed by atoms with Gasteiger partial charge in [-0.05, 0) is 79.5 Å². The van der Waals surface area contributed by atoms with Crippen LogP contribution in [0.4, 0.5) is 0 Å². The Morgan fingerprint density at radius 2 is 1.11 bits per heavy atom. The summed E-state index contributed by atoms with van der Waals surface area (Å²) in [6.45, 7) is 4.05. The molecule has 9 atom stereocenters. The topological polar surface area (TPSA) is 403 Å². The van der Waals surface area contributed by atoms with E-state index in [0.29, 0.717) is 63.6 Å². The molecule has 0 saturated carbocycles. The molecule has 2 aliphatic rings. The lowest BCUT2D eigenvalue weighted by Gasteiger charge is -2.30. The highest BCUT2D eigenvalue weighted by Crippen LogP contribution is 2.23. The molecule has 2 saturated heterocycles. The van der Waals surface area contributed by atoms with Crippen molar-refractivity contribution in [3.05, 3.63) is 120 Å². The Bertz CT molecular complexity index is 3460. The van der Waals surface area contributed by atoms with Crippen molar-refractivity contribution in [1.29, 1.82) is 0 Å². The number of carbonyl (C=O) groups is 10. The van der Waals surface area contributed by atoms with Gasteiger partial charge in [-0.1, -0.05) is 62.4 Å². The number of aromatic hydroxyl groups is 1. The zero-order valence-corrected chi connectivity index (χ0v) is 49.0. The van der Waals surface area contributed by atoms with Crippen LogP contribution in [0.15, 0.2) is 97.7 Å². The molecule has 8 rings (SSSR count). The molecule has 15 N–H and O–H groups in total. The molecule has 0 spiro atoms. The number of aromatic nitrogens is 4. The molecule has 3 aromatic heterocycles. The molecule has 0 unspecified atom stereocenters. The number of phenols is 1. The van der Waals surface area contributed by atoms with Crippen LogP contribution < -0.4 is 47.9 Å². The van der Waals surface area contributed by atoms with E-state index >= 15 is 0 Å². The van der Waals surface area contributed by atoms with E-state index < -0.39 is 115 Å². The molecule has 2 aliphatic heterocycles. The maximum Gasteiger partial charge on any atom is 0.248 e. The van der Waals surface area contributed by atoms with E-state index in [1.54, 1.807) is 69.6 Å². The number of H-pyrrole nitrogens is 3. The number of aromatic amines is 3. The lowest BCUT2D eigenvalue weighted by atomic mass is 9.99. The van der Waals surface area contributed by atoms with E-state index in [1.165, 1.54) is 41.7 Å². The number of rotatable bonds is 29. The summed E-state index contributed by atoms with van der Waals surface area (Å²) in [5, 5.41) is 56.8. The fraction of sp³-hybridized carbons (Fsp3) is 0.426. The summed E-state index contributed by atoms with van der Waals surface area (Å²) in [5.41, 5.74) is 3.45. The second-order valence-electron chi connectivity index (χ2n) is 22.4. The standard InChI is InChI=1S/C61H76N14O13/c1-4-63-60(87)51-14-9-21-75(51)61(88)50(31-77)74-54(81)44(22-33(2)3)68-56(83)46(24-35-27-64-41-12-7-5-10-39(35)41)70-55(82)45(23-34-15-17-38(78)18-16-34)69-59(86)49(30-76)73-57(84)47(25-36-28-65-42-13-8-6-11-40(36)42)71-58(85)48(26-37-29-62-32-66-37)72-53(80)43-19-20-52(79)67-43/h5-8,10-13,15-18,27-29,32-33,43-51,64-65,76-78H,4,9,14,19-26,30-31H2,1-3H3,(H,62,66)(H,63,87)(H,67,79)(H,68,83)(H,69,86)(H,70,82)(H,71,85)(H,72,80)(H,73,84)(H,74,81)/t43-,44-,45-,46+,47-,48-,49-,50-,51-/m0/s1. The van der Waals surface area contributed by atoms with Crippen LogP contribution in [0.1, 0.15) is 75.3 Å². The predicted molar refractivity (Wildman–Crippen MR) is 320 cm³/mol. The Morgan fingerprint density at radius 1 is 0.602 bits per heavy atom. The van der Waals surface area contributed by atoms with Gasteiger partial charge in [0, 0.05) is 91.3 Å². The SMILES string of the molecule is CCNC(=O)[C@@H]1CCCN1C(=O)[C@H](CO)NC(=O)[C@H](CC(C)C)NC(=O)[C@@H](Cc1c[nH]c2ccccc12)NC(=O)[C@H](Cc1ccc(O)cc1)NC(=O)[C@H](CO)NC(=O)[C@H](Cc1c[nH]c2ccccc12)NC(=O)[C@H](Cc1cnc[nH]1)NC(=O)[C@@H]1CCC(=O)N1. The largest absolute Gasteiger partial charge is 0.508 e. The molecule has 27 nitrogen and oxygen atoms in total. The van der Waals surface area contributed by atoms with Crippen LogP contribution in [0, 0.1) is 5.92 Å². The number of para-hydroxylation sites is 2. The maximum absolute atomic E-state index is 15.0. The van der Waals surface area contributed by atoms with Gasteiger partial charge in [-0.3, -0.25) is 47.9 Å². The number of hydrogen-bond acceptors (Lipinski definition) is 14. The van der Waals surface area contributed by atoms with Crippen LogP contribution in [0.2, 0.25) is 0 Å². The maximum atomic E-state index is 15.0. The van der Waals surface area contributed by atoms with E-state index in [0.717, 1.165) is 0 Å². The number of aliphatic hydroxyl groups excluding tert-OH is 2. The van der Waals surface area contributed by atoms with Crippen LogP contribution in [0.3, 0.4) is 0 Å². The molecule has 468 valence electrons. The normalized spacial score (nSPS) is 17.2. The average Bonchev–Trinajstić information content (AvgIpc) is 4.29. The number of likely N-dealkylation sites (tertiary alicyclic amines) is 1. The summed E-state index contributed by atoms with van der Waals surface area (Å²) in [7, 11) is 0. The highest BCUT2D eigenvalue weighted by molar-refractivity contribution is 6.00. The minimum atomic E-state index is -1.78. The van der Waals surface area contributed by atoms with Gasteiger partial charge in [-0.25, -0.2) is 4.98 Å². The number of hydrogen-bond donors (Lipinski definition) is 15. The third-order valence-electron chi connectivity index (χ3n) is 15.5. The molecular formula is C61H76N14O13. The molecule has 10 amide bonds. The summed E-state index contributed by atoms with van der Waals surface area (Å²) < 4.78 is 0. The van der Waals surface area contributed by atoms with E-state index in [9.17, 15) is 63.3 Å². The quantitative estimate of drug-likeness (QED) is 0.0273.